The third-order valence-corrected chi connectivity index (χ3v) is 3.07. The van der Waals surface area contributed by atoms with E-state index in [1.165, 1.54) is 0 Å². The lowest BCUT2D eigenvalue weighted by molar-refractivity contribution is -0.120. The smallest absolute Gasteiger partial charge is 0.224 e. The third kappa shape index (κ3) is 6.27. The molecule has 0 radical (unpaired) electrons. The van der Waals surface area contributed by atoms with Gasteiger partial charge in [0.2, 0.25) is 5.91 Å². The molecule has 1 aromatic carbocycles. The molecule has 3 nitrogen and oxygen atoms in total. The Morgan fingerprint density at radius 1 is 1.26 bits per heavy atom. The van der Waals surface area contributed by atoms with Crippen molar-refractivity contribution in [2.45, 2.75) is 40.5 Å². The van der Waals surface area contributed by atoms with Crippen LogP contribution in [-0.4, -0.2) is 12.5 Å². The van der Waals surface area contributed by atoms with Gasteiger partial charge >= 0.3 is 0 Å². The van der Waals surface area contributed by atoms with E-state index in [0.29, 0.717) is 12.3 Å². The van der Waals surface area contributed by atoms with E-state index in [0.717, 1.165) is 24.2 Å². The van der Waals surface area contributed by atoms with E-state index in [2.05, 4.69) is 33.0 Å². The van der Waals surface area contributed by atoms with Gasteiger partial charge in [-0.15, -0.1) is 0 Å². The Kier molecular flexibility index (Phi) is 5.40. The highest BCUT2D eigenvalue weighted by Gasteiger charge is 2.20. The van der Waals surface area contributed by atoms with Crippen LogP contribution < -0.4 is 11.1 Å². The van der Waals surface area contributed by atoms with Crippen molar-refractivity contribution in [2.75, 3.05) is 12.3 Å². The third-order valence-electron chi connectivity index (χ3n) is 3.07. The van der Waals surface area contributed by atoms with Gasteiger partial charge in [-0.3, -0.25) is 4.79 Å². The average molecular weight is 262 g/mol. The number of anilines is 1. The summed E-state index contributed by atoms with van der Waals surface area (Å²) in [5.41, 5.74) is 7.48. The number of hydrogen-bond acceptors (Lipinski definition) is 2. The van der Waals surface area contributed by atoms with E-state index < -0.39 is 0 Å². The highest BCUT2D eigenvalue weighted by molar-refractivity contribution is 5.78. The molecule has 3 N–H and O–H groups in total. The Morgan fingerprint density at radius 3 is 2.37 bits per heavy atom. The van der Waals surface area contributed by atoms with E-state index in [1.54, 1.807) is 0 Å². The van der Waals surface area contributed by atoms with Crippen molar-refractivity contribution in [1.29, 1.82) is 0 Å². The zero-order valence-corrected chi connectivity index (χ0v) is 12.5. The fraction of sp³-hybridized carbons (Fsp3) is 0.562. The summed E-state index contributed by atoms with van der Waals surface area (Å²) in [7, 11) is 0. The van der Waals surface area contributed by atoms with Gasteiger partial charge in [0.05, 0.1) is 6.42 Å². The fourth-order valence-corrected chi connectivity index (χ4v) is 2.40. The van der Waals surface area contributed by atoms with Crippen molar-refractivity contribution in [2.24, 2.45) is 11.3 Å². The predicted octanol–water partition coefficient (Wildman–Crippen LogP) is 3.00. The Balaban J connectivity index is 2.41. The molecule has 106 valence electrons. The summed E-state index contributed by atoms with van der Waals surface area (Å²) in [6, 6.07) is 7.44. The molecule has 1 rings (SSSR count). The normalized spacial score (nSPS) is 11.6. The number of hydrogen-bond donors (Lipinski definition) is 2. The molecule has 19 heavy (non-hydrogen) atoms. The summed E-state index contributed by atoms with van der Waals surface area (Å²) in [5, 5.41) is 3.02. The van der Waals surface area contributed by atoms with E-state index in [-0.39, 0.29) is 11.3 Å². The largest absolute Gasteiger partial charge is 0.399 e. The number of nitrogen functional groups attached to an aromatic ring is 1. The van der Waals surface area contributed by atoms with Gasteiger partial charge < -0.3 is 11.1 Å². The van der Waals surface area contributed by atoms with Crippen LogP contribution in [0, 0.1) is 11.3 Å². The van der Waals surface area contributed by atoms with Crippen LogP contribution >= 0.6 is 0 Å². The van der Waals surface area contributed by atoms with E-state index >= 15 is 0 Å². The molecule has 0 unspecified atom stereocenters. The highest BCUT2D eigenvalue weighted by atomic mass is 16.1. The second-order valence-corrected chi connectivity index (χ2v) is 6.46. The highest BCUT2D eigenvalue weighted by Crippen LogP contribution is 2.24. The monoisotopic (exact) mass is 262 g/mol. The summed E-state index contributed by atoms with van der Waals surface area (Å²) < 4.78 is 0. The molecule has 0 fully saturated rings. The van der Waals surface area contributed by atoms with Crippen molar-refractivity contribution >= 4 is 11.6 Å². The van der Waals surface area contributed by atoms with Crippen molar-refractivity contribution in [1.82, 2.24) is 5.32 Å². The summed E-state index contributed by atoms with van der Waals surface area (Å²) in [5.74, 6) is 0.714. The predicted molar refractivity (Wildman–Crippen MR) is 80.8 cm³/mol. The Bertz CT molecular complexity index is 407. The molecule has 3 heteroatoms. The first-order valence-electron chi connectivity index (χ1n) is 6.89. The number of nitrogens with two attached hydrogens (primary N) is 1. The number of nitrogens with one attached hydrogen (secondary N) is 1. The lowest BCUT2D eigenvalue weighted by atomic mass is 9.84. The molecular formula is C16H26N2O. The number of benzene rings is 1. The SMILES string of the molecule is CC(C)CC(C)(C)CNC(=O)Cc1ccc(N)cc1. The molecule has 0 aliphatic rings. The van der Waals surface area contributed by atoms with Crippen LogP contribution in [0.4, 0.5) is 5.69 Å². The Morgan fingerprint density at radius 2 is 1.84 bits per heavy atom. The van der Waals surface area contributed by atoms with Crippen LogP contribution in [0.1, 0.15) is 39.7 Å². The van der Waals surface area contributed by atoms with Crippen LogP contribution in [0.15, 0.2) is 24.3 Å². The molecule has 0 aliphatic carbocycles. The van der Waals surface area contributed by atoms with Crippen molar-refractivity contribution < 1.29 is 4.79 Å². The standard InChI is InChI=1S/C16H26N2O/c1-12(2)10-16(3,4)11-18-15(19)9-13-5-7-14(17)8-6-13/h5-8,12H,9-11,17H2,1-4H3,(H,18,19). The summed E-state index contributed by atoms with van der Waals surface area (Å²) >= 11 is 0. The average Bonchev–Trinajstić information content (AvgIpc) is 2.28. The fourth-order valence-electron chi connectivity index (χ4n) is 2.40. The van der Waals surface area contributed by atoms with Gasteiger partial charge in [-0.05, 0) is 35.4 Å². The van der Waals surface area contributed by atoms with E-state index in [4.69, 9.17) is 5.73 Å². The van der Waals surface area contributed by atoms with Crippen molar-refractivity contribution in [3.8, 4) is 0 Å². The molecule has 0 saturated carbocycles. The first-order chi connectivity index (χ1) is 8.78. The topological polar surface area (TPSA) is 55.1 Å². The summed E-state index contributed by atoms with van der Waals surface area (Å²) in [6.45, 7) is 9.52. The zero-order chi connectivity index (χ0) is 14.5. The van der Waals surface area contributed by atoms with Gasteiger partial charge in [0, 0.05) is 12.2 Å². The van der Waals surface area contributed by atoms with Crippen LogP contribution in [0.25, 0.3) is 0 Å². The van der Waals surface area contributed by atoms with Crippen LogP contribution in [0.2, 0.25) is 0 Å². The molecule has 1 amide bonds. The maximum Gasteiger partial charge on any atom is 0.224 e. The quantitative estimate of drug-likeness (QED) is 0.774. The van der Waals surface area contributed by atoms with E-state index in [9.17, 15) is 4.79 Å². The molecule has 0 aromatic heterocycles. The number of amides is 1. The van der Waals surface area contributed by atoms with Gasteiger partial charge in [-0.1, -0.05) is 39.8 Å². The maximum atomic E-state index is 11.9. The van der Waals surface area contributed by atoms with Gasteiger partial charge in [0.15, 0.2) is 0 Å². The summed E-state index contributed by atoms with van der Waals surface area (Å²) in [4.78, 5) is 11.9. The van der Waals surface area contributed by atoms with Crippen LogP contribution in [0.3, 0.4) is 0 Å². The zero-order valence-electron chi connectivity index (χ0n) is 12.5. The maximum absolute atomic E-state index is 11.9. The number of rotatable bonds is 6. The summed E-state index contributed by atoms with van der Waals surface area (Å²) in [6.07, 6.45) is 1.52. The molecule has 0 atom stereocenters. The minimum absolute atomic E-state index is 0.0709. The Hall–Kier alpha value is -1.51. The first-order valence-corrected chi connectivity index (χ1v) is 6.89. The van der Waals surface area contributed by atoms with Gasteiger partial charge in [-0.25, -0.2) is 0 Å². The second-order valence-electron chi connectivity index (χ2n) is 6.46. The minimum Gasteiger partial charge on any atom is -0.399 e. The molecule has 0 bridgehead atoms. The van der Waals surface area contributed by atoms with Gasteiger partial charge in [0.25, 0.3) is 0 Å². The van der Waals surface area contributed by atoms with Crippen LogP contribution in [-0.2, 0) is 11.2 Å². The molecule has 0 aliphatic heterocycles. The molecule has 0 heterocycles. The first kappa shape index (κ1) is 15.5. The molecular weight excluding hydrogens is 236 g/mol. The van der Waals surface area contributed by atoms with Gasteiger partial charge in [-0.2, -0.15) is 0 Å². The second kappa shape index (κ2) is 6.60. The molecule has 0 spiro atoms. The van der Waals surface area contributed by atoms with Gasteiger partial charge in [0.1, 0.15) is 0 Å². The van der Waals surface area contributed by atoms with Crippen molar-refractivity contribution in [3.63, 3.8) is 0 Å². The molecule has 0 saturated heterocycles. The minimum atomic E-state index is 0.0709. The van der Waals surface area contributed by atoms with Crippen LogP contribution in [0.5, 0.6) is 0 Å². The Labute approximate surface area is 116 Å². The lowest BCUT2D eigenvalue weighted by Crippen LogP contribution is -2.35. The van der Waals surface area contributed by atoms with E-state index in [1.807, 2.05) is 24.3 Å². The number of carbonyl (C=O) groups excluding carboxylic acids is 1. The number of carbonyl (C=O) groups is 1. The van der Waals surface area contributed by atoms with Crippen molar-refractivity contribution in [3.05, 3.63) is 29.8 Å². The molecule has 1 aromatic rings. The lowest BCUT2D eigenvalue weighted by Gasteiger charge is -2.27.